The van der Waals surface area contributed by atoms with Crippen LogP contribution in [0.2, 0.25) is 5.02 Å². The molecular weight excluding hydrogens is 648 g/mol. The monoisotopic (exact) mass is 678 g/mol. The molecule has 46 heavy (non-hydrogen) atoms. The van der Waals surface area contributed by atoms with Gasteiger partial charge in [-0.05, 0) is 30.3 Å². The van der Waals surface area contributed by atoms with Crippen molar-refractivity contribution in [1.82, 2.24) is 10.4 Å². The maximum Gasteiger partial charge on any atom is 0.303 e. The molecule has 246 valence electrons. The number of carbonyl (C=O) groups excluding carboxylic acids is 4. The molecule has 1 fully saturated rings. The SMILES string of the molecule is CC(=O)OC[C@H]1O[C@@H](SC2NN=C(c3ccccc3O)N2/N=C/c2cc(Cl)ccc2O)[C@H](OC(C)=O)[C@@H](OC(C)=O)[C@@H]1OC(C)=O. The highest BCUT2D eigenvalue weighted by atomic mass is 35.5. The number of halogens is 1. The first kappa shape index (κ1) is 34.3. The van der Waals surface area contributed by atoms with Gasteiger partial charge in [0, 0.05) is 38.3 Å². The van der Waals surface area contributed by atoms with Crippen LogP contribution < -0.4 is 5.43 Å². The summed E-state index contributed by atoms with van der Waals surface area (Å²) in [5.74, 6) is -2.98. The largest absolute Gasteiger partial charge is 0.507 e. The zero-order valence-corrected chi connectivity index (χ0v) is 26.6. The lowest BCUT2D eigenvalue weighted by Crippen LogP contribution is -2.62. The molecule has 0 radical (unpaired) electrons. The van der Waals surface area contributed by atoms with E-state index < -0.39 is 65.8 Å². The van der Waals surface area contributed by atoms with Gasteiger partial charge >= 0.3 is 23.9 Å². The van der Waals surface area contributed by atoms with Crippen molar-refractivity contribution in [3.8, 4) is 11.5 Å². The Kier molecular flexibility index (Phi) is 11.3. The van der Waals surface area contributed by atoms with Gasteiger partial charge in [0.2, 0.25) is 0 Å². The van der Waals surface area contributed by atoms with Crippen molar-refractivity contribution in [3.63, 3.8) is 0 Å². The maximum atomic E-state index is 12.3. The van der Waals surface area contributed by atoms with Crippen LogP contribution in [0.1, 0.15) is 38.8 Å². The van der Waals surface area contributed by atoms with Gasteiger partial charge in [-0.25, -0.2) is 5.01 Å². The first-order chi connectivity index (χ1) is 21.8. The van der Waals surface area contributed by atoms with E-state index >= 15 is 0 Å². The minimum atomic E-state index is -1.38. The number of hydrogen-bond donors (Lipinski definition) is 3. The van der Waals surface area contributed by atoms with Crippen molar-refractivity contribution in [3.05, 3.63) is 58.6 Å². The van der Waals surface area contributed by atoms with Crippen molar-refractivity contribution in [2.45, 2.75) is 63.0 Å². The fourth-order valence-corrected chi connectivity index (χ4v) is 5.95. The summed E-state index contributed by atoms with van der Waals surface area (Å²) in [4.78, 5) is 48.2. The fourth-order valence-electron chi connectivity index (χ4n) is 4.56. The van der Waals surface area contributed by atoms with Gasteiger partial charge in [0.1, 0.15) is 29.6 Å². The summed E-state index contributed by atoms with van der Waals surface area (Å²) in [6.07, 6.45) is -3.89. The standard InChI is InChI=1S/C29H31ClN4O11S/c1-14(35)41-13-23-24(42-15(2)36)25(43-16(3)37)26(44-17(4)38)28(45-23)46-29-33-32-27(20-7-5-6-8-22(20)40)34(29)31-12-18-11-19(30)9-10-21(18)39/h5-12,23-26,28-29,33,39-40H,13H2,1-4H3/b31-12+/t23-,24-,25+,26-,28+,29?/m1/s1. The minimum absolute atomic E-state index is 0.105. The van der Waals surface area contributed by atoms with Gasteiger partial charge in [-0.3, -0.25) is 24.6 Å². The smallest absolute Gasteiger partial charge is 0.303 e. The molecule has 0 spiro atoms. The maximum absolute atomic E-state index is 12.3. The molecule has 2 aromatic carbocycles. The van der Waals surface area contributed by atoms with Crippen LogP contribution in [0.4, 0.5) is 0 Å². The summed E-state index contributed by atoms with van der Waals surface area (Å²) < 4.78 is 27.9. The lowest BCUT2D eigenvalue weighted by atomic mass is 9.99. The van der Waals surface area contributed by atoms with Crippen molar-refractivity contribution in [2.75, 3.05) is 6.61 Å². The number of carbonyl (C=O) groups is 4. The normalized spacial score (nSPS) is 24.1. The molecule has 0 saturated carbocycles. The number of benzene rings is 2. The predicted molar refractivity (Wildman–Crippen MR) is 164 cm³/mol. The molecule has 0 aliphatic carbocycles. The third-order valence-electron chi connectivity index (χ3n) is 6.39. The predicted octanol–water partition coefficient (Wildman–Crippen LogP) is 2.45. The number of aromatic hydroxyl groups is 2. The molecular formula is C29H31ClN4O11S. The average molecular weight is 679 g/mol. The number of ether oxygens (including phenoxy) is 5. The number of hydrogen-bond acceptors (Lipinski definition) is 16. The number of phenolic OH excluding ortho intramolecular Hbond substituents is 2. The summed E-state index contributed by atoms with van der Waals surface area (Å²) in [5.41, 5.74) is 1.35. The molecule has 6 atom stereocenters. The van der Waals surface area contributed by atoms with E-state index in [4.69, 9.17) is 35.3 Å². The molecule has 2 aliphatic heterocycles. The molecule has 0 aromatic heterocycles. The zero-order chi connectivity index (χ0) is 33.5. The Morgan fingerprint density at radius 3 is 2.26 bits per heavy atom. The fraction of sp³-hybridized carbons (Fsp3) is 0.379. The van der Waals surface area contributed by atoms with Crippen LogP contribution in [0.15, 0.2) is 52.7 Å². The van der Waals surface area contributed by atoms with E-state index in [0.717, 1.165) is 32.5 Å². The first-order valence-corrected chi connectivity index (χ1v) is 15.1. The Morgan fingerprint density at radius 2 is 1.61 bits per heavy atom. The molecule has 1 saturated heterocycles. The zero-order valence-electron chi connectivity index (χ0n) is 25.0. The van der Waals surface area contributed by atoms with E-state index in [0.29, 0.717) is 10.6 Å². The van der Waals surface area contributed by atoms with Crippen molar-refractivity contribution >= 4 is 59.3 Å². The van der Waals surface area contributed by atoms with Gasteiger partial charge in [0.25, 0.3) is 0 Å². The Labute approximate surface area is 272 Å². The summed E-state index contributed by atoms with van der Waals surface area (Å²) in [6, 6.07) is 10.8. The van der Waals surface area contributed by atoms with Crippen LogP contribution in [-0.4, -0.2) is 93.1 Å². The summed E-state index contributed by atoms with van der Waals surface area (Å²) in [7, 11) is 0. The number of esters is 4. The summed E-state index contributed by atoms with van der Waals surface area (Å²) in [5, 5.41) is 31.5. The van der Waals surface area contributed by atoms with Gasteiger partial charge in [0.15, 0.2) is 29.6 Å². The number of amidine groups is 1. The third kappa shape index (κ3) is 8.58. The Balaban J connectivity index is 1.74. The molecule has 3 N–H and O–H groups in total. The molecule has 2 heterocycles. The van der Waals surface area contributed by atoms with Crippen LogP contribution in [0.5, 0.6) is 11.5 Å². The second kappa shape index (κ2) is 15.2. The number of hydrazone groups is 2. The van der Waals surface area contributed by atoms with Gasteiger partial charge in [-0.2, -0.15) is 10.2 Å². The van der Waals surface area contributed by atoms with Crippen LogP contribution in [0.25, 0.3) is 0 Å². The van der Waals surface area contributed by atoms with E-state index in [1.807, 2.05) is 0 Å². The first-order valence-electron chi connectivity index (χ1n) is 13.7. The molecule has 4 rings (SSSR count). The highest BCUT2D eigenvalue weighted by Gasteiger charge is 2.53. The number of rotatable bonds is 10. The molecule has 0 bridgehead atoms. The minimum Gasteiger partial charge on any atom is -0.507 e. The number of nitrogens with one attached hydrogen (secondary N) is 1. The Bertz CT molecular complexity index is 1540. The lowest BCUT2D eigenvalue weighted by molar-refractivity contribution is -0.237. The Hall–Kier alpha value is -4.54. The Morgan fingerprint density at radius 1 is 0.957 bits per heavy atom. The molecule has 15 nitrogen and oxygen atoms in total. The number of nitrogens with zero attached hydrogens (tertiary/aromatic N) is 3. The van der Waals surface area contributed by atoms with Gasteiger partial charge in [0.05, 0.1) is 11.8 Å². The van der Waals surface area contributed by atoms with E-state index in [2.05, 4.69) is 15.6 Å². The summed E-state index contributed by atoms with van der Waals surface area (Å²) in [6.45, 7) is 4.17. The number of phenols is 2. The lowest BCUT2D eigenvalue weighted by Gasteiger charge is -2.44. The summed E-state index contributed by atoms with van der Waals surface area (Å²) >= 11 is 7.08. The highest BCUT2D eigenvalue weighted by Crippen LogP contribution is 2.38. The van der Waals surface area contributed by atoms with Crippen LogP contribution in [0.3, 0.4) is 0 Å². The van der Waals surface area contributed by atoms with E-state index in [1.54, 1.807) is 18.2 Å². The molecule has 2 aliphatic rings. The molecule has 2 aromatic rings. The molecule has 0 amide bonds. The second-order valence-corrected chi connectivity index (χ2v) is 11.5. The van der Waals surface area contributed by atoms with E-state index in [-0.39, 0.29) is 22.9 Å². The van der Waals surface area contributed by atoms with Gasteiger partial charge < -0.3 is 33.9 Å². The average Bonchev–Trinajstić information content (AvgIpc) is 3.36. The van der Waals surface area contributed by atoms with Crippen molar-refractivity contribution < 1.29 is 53.1 Å². The van der Waals surface area contributed by atoms with E-state index in [1.165, 1.54) is 42.4 Å². The van der Waals surface area contributed by atoms with Gasteiger partial charge in [-0.15, -0.1) is 0 Å². The topological polar surface area (TPSA) is 195 Å². The van der Waals surface area contributed by atoms with Crippen LogP contribution in [0, 0.1) is 0 Å². The third-order valence-corrected chi connectivity index (χ3v) is 7.83. The van der Waals surface area contributed by atoms with Crippen molar-refractivity contribution in [1.29, 1.82) is 0 Å². The number of thioether (sulfide) groups is 1. The second-order valence-electron chi connectivity index (χ2n) is 9.93. The van der Waals surface area contributed by atoms with E-state index in [9.17, 15) is 29.4 Å². The number of para-hydroxylation sites is 1. The van der Waals surface area contributed by atoms with Gasteiger partial charge in [-0.1, -0.05) is 35.5 Å². The molecule has 17 heteroatoms. The quantitative estimate of drug-likeness (QED) is 0.188. The van der Waals surface area contributed by atoms with Crippen molar-refractivity contribution in [2.24, 2.45) is 10.2 Å². The molecule has 1 unspecified atom stereocenters. The van der Waals surface area contributed by atoms with Crippen LogP contribution in [-0.2, 0) is 42.9 Å². The highest BCUT2D eigenvalue weighted by molar-refractivity contribution is 8.00. The van der Waals surface area contributed by atoms with Crippen LogP contribution >= 0.6 is 23.4 Å².